The highest BCUT2D eigenvalue weighted by molar-refractivity contribution is 6.32. The molecule has 0 saturated heterocycles. The minimum Gasteiger partial charge on any atom is -0.481 e. The number of hydrogen-bond donors (Lipinski definition) is 2. The lowest BCUT2D eigenvalue weighted by atomic mass is 10.0. The standard InChI is InChI=1S/C19H20ClNO4/c1-2-16(25-17-11-7-6-10-14(17)20)19(24)21-15(12-18(22)23)13-8-4-3-5-9-13/h3-11,15-16H,2,12H2,1H3,(H,21,24)(H,22,23). The predicted molar refractivity (Wildman–Crippen MR) is 95.7 cm³/mol. The molecule has 0 spiro atoms. The first kappa shape index (κ1) is 18.8. The lowest BCUT2D eigenvalue weighted by Gasteiger charge is -2.22. The molecule has 0 aliphatic heterocycles. The van der Waals surface area contributed by atoms with E-state index in [1.807, 2.05) is 13.0 Å². The molecule has 0 aromatic heterocycles. The molecule has 2 aromatic rings. The van der Waals surface area contributed by atoms with Crippen LogP contribution < -0.4 is 10.1 Å². The van der Waals surface area contributed by atoms with Crippen molar-refractivity contribution in [3.05, 3.63) is 65.2 Å². The van der Waals surface area contributed by atoms with Gasteiger partial charge in [0.05, 0.1) is 17.5 Å². The lowest BCUT2D eigenvalue weighted by molar-refractivity contribution is -0.138. The molecule has 25 heavy (non-hydrogen) atoms. The van der Waals surface area contributed by atoms with Gasteiger partial charge in [-0.3, -0.25) is 9.59 Å². The van der Waals surface area contributed by atoms with Crippen LogP contribution in [0, 0.1) is 0 Å². The fourth-order valence-electron chi connectivity index (χ4n) is 2.39. The third-order valence-electron chi connectivity index (χ3n) is 3.67. The molecule has 5 nitrogen and oxygen atoms in total. The molecule has 2 N–H and O–H groups in total. The maximum atomic E-state index is 12.6. The second-order valence-corrected chi connectivity index (χ2v) is 5.92. The number of ether oxygens (including phenoxy) is 1. The number of carboxylic acid groups (broad SMARTS) is 1. The molecule has 0 bridgehead atoms. The van der Waals surface area contributed by atoms with Crippen LogP contribution in [0.25, 0.3) is 0 Å². The van der Waals surface area contributed by atoms with Crippen LogP contribution in [-0.2, 0) is 9.59 Å². The van der Waals surface area contributed by atoms with Crippen LogP contribution in [0.4, 0.5) is 0 Å². The number of hydrogen-bond acceptors (Lipinski definition) is 3. The Kier molecular flexibility index (Phi) is 6.83. The van der Waals surface area contributed by atoms with Crippen molar-refractivity contribution in [2.75, 3.05) is 0 Å². The Bertz CT molecular complexity index is 720. The van der Waals surface area contributed by atoms with Crippen LogP contribution >= 0.6 is 11.6 Å². The first-order valence-corrected chi connectivity index (χ1v) is 8.37. The van der Waals surface area contributed by atoms with Gasteiger partial charge in [0.1, 0.15) is 5.75 Å². The summed E-state index contributed by atoms with van der Waals surface area (Å²) in [5.74, 6) is -0.951. The number of carbonyl (C=O) groups is 2. The fourth-order valence-corrected chi connectivity index (χ4v) is 2.57. The zero-order chi connectivity index (χ0) is 18.2. The summed E-state index contributed by atoms with van der Waals surface area (Å²) in [4.78, 5) is 23.7. The number of halogens is 1. The Labute approximate surface area is 151 Å². The van der Waals surface area contributed by atoms with E-state index in [2.05, 4.69) is 5.32 Å². The molecule has 0 radical (unpaired) electrons. The van der Waals surface area contributed by atoms with Gasteiger partial charge < -0.3 is 15.2 Å². The van der Waals surface area contributed by atoms with Crippen LogP contribution in [0.2, 0.25) is 5.02 Å². The van der Waals surface area contributed by atoms with Gasteiger partial charge >= 0.3 is 5.97 Å². The largest absolute Gasteiger partial charge is 0.481 e. The van der Waals surface area contributed by atoms with Crippen LogP contribution in [0.15, 0.2) is 54.6 Å². The highest BCUT2D eigenvalue weighted by atomic mass is 35.5. The lowest BCUT2D eigenvalue weighted by Crippen LogP contribution is -2.40. The Morgan fingerprint density at radius 2 is 1.76 bits per heavy atom. The Balaban J connectivity index is 2.12. The predicted octanol–water partition coefficient (Wildman–Crippen LogP) is 3.83. The van der Waals surface area contributed by atoms with E-state index in [0.29, 0.717) is 17.2 Å². The van der Waals surface area contributed by atoms with Gasteiger partial charge in [0.25, 0.3) is 5.91 Å². The number of aliphatic carboxylic acids is 1. The molecular weight excluding hydrogens is 342 g/mol. The van der Waals surface area contributed by atoms with E-state index < -0.39 is 18.1 Å². The average molecular weight is 362 g/mol. The molecule has 2 aromatic carbocycles. The smallest absolute Gasteiger partial charge is 0.305 e. The first-order valence-electron chi connectivity index (χ1n) is 7.99. The van der Waals surface area contributed by atoms with Gasteiger partial charge in [-0.15, -0.1) is 0 Å². The zero-order valence-corrected chi connectivity index (χ0v) is 14.6. The molecule has 2 atom stereocenters. The summed E-state index contributed by atoms with van der Waals surface area (Å²) in [6, 6.07) is 15.3. The zero-order valence-electron chi connectivity index (χ0n) is 13.8. The van der Waals surface area contributed by atoms with Gasteiger partial charge in [0.15, 0.2) is 6.10 Å². The van der Waals surface area contributed by atoms with Crippen molar-refractivity contribution in [2.45, 2.75) is 31.9 Å². The van der Waals surface area contributed by atoms with E-state index in [1.54, 1.807) is 48.5 Å². The number of carboxylic acids is 1. The highest BCUT2D eigenvalue weighted by Crippen LogP contribution is 2.25. The van der Waals surface area contributed by atoms with E-state index in [4.69, 9.17) is 21.4 Å². The summed E-state index contributed by atoms with van der Waals surface area (Å²) in [6.45, 7) is 1.82. The average Bonchev–Trinajstić information content (AvgIpc) is 2.60. The van der Waals surface area contributed by atoms with Gasteiger partial charge in [-0.25, -0.2) is 0 Å². The van der Waals surface area contributed by atoms with Crippen LogP contribution in [0.5, 0.6) is 5.75 Å². The van der Waals surface area contributed by atoms with Crippen molar-refractivity contribution in [3.63, 3.8) is 0 Å². The quantitative estimate of drug-likeness (QED) is 0.749. The van der Waals surface area contributed by atoms with E-state index >= 15 is 0 Å². The van der Waals surface area contributed by atoms with E-state index in [-0.39, 0.29) is 12.3 Å². The van der Waals surface area contributed by atoms with Gasteiger partial charge in [0, 0.05) is 0 Å². The number of para-hydroxylation sites is 1. The topological polar surface area (TPSA) is 75.6 Å². The van der Waals surface area contributed by atoms with Crippen LogP contribution in [0.1, 0.15) is 31.4 Å². The van der Waals surface area contributed by atoms with Gasteiger partial charge in [-0.05, 0) is 24.1 Å². The fraction of sp³-hybridized carbons (Fsp3) is 0.263. The third-order valence-corrected chi connectivity index (χ3v) is 3.98. The SMILES string of the molecule is CCC(Oc1ccccc1Cl)C(=O)NC(CC(=O)O)c1ccccc1. The van der Waals surface area contributed by atoms with E-state index in [1.165, 1.54) is 0 Å². The molecular formula is C19H20ClNO4. The second kappa shape index (κ2) is 9.08. The summed E-state index contributed by atoms with van der Waals surface area (Å²) in [6.07, 6.45) is -0.552. The normalized spacial score (nSPS) is 12.9. The molecule has 6 heteroatoms. The Hall–Kier alpha value is -2.53. The molecule has 2 rings (SSSR count). The Morgan fingerprint density at radius 1 is 1.12 bits per heavy atom. The molecule has 0 aliphatic carbocycles. The third kappa shape index (κ3) is 5.50. The highest BCUT2D eigenvalue weighted by Gasteiger charge is 2.24. The molecule has 0 heterocycles. The van der Waals surface area contributed by atoms with Crippen LogP contribution in [-0.4, -0.2) is 23.1 Å². The van der Waals surface area contributed by atoms with Crippen LogP contribution in [0.3, 0.4) is 0 Å². The first-order chi connectivity index (χ1) is 12.0. The van der Waals surface area contributed by atoms with Crippen molar-refractivity contribution < 1.29 is 19.4 Å². The molecule has 0 fully saturated rings. The van der Waals surface area contributed by atoms with Crippen molar-refractivity contribution >= 4 is 23.5 Å². The van der Waals surface area contributed by atoms with Gasteiger partial charge in [-0.2, -0.15) is 0 Å². The van der Waals surface area contributed by atoms with Crippen molar-refractivity contribution in [1.82, 2.24) is 5.32 Å². The molecule has 0 aliphatic rings. The van der Waals surface area contributed by atoms with Crippen molar-refractivity contribution in [1.29, 1.82) is 0 Å². The van der Waals surface area contributed by atoms with Gasteiger partial charge in [-0.1, -0.05) is 61.0 Å². The van der Waals surface area contributed by atoms with Crippen molar-refractivity contribution in [3.8, 4) is 5.75 Å². The maximum absolute atomic E-state index is 12.6. The molecule has 1 amide bonds. The minimum atomic E-state index is -0.991. The summed E-state index contributed by atoms with van der Waals surface area (Å²) < 4.78 is 5.71. The Morgan fingerprint density at radius 3 is 2.36 bits per heavy atom. The summed E-state index contributed by atoms with van der Waals surface area (Å²) in [5.41, 5.74) is 0.728. The summed E-state index contributed by atoms with van der Waals surface area (Å²) in [5, 5.41) is 12.3. The summed E-state index contributed by atoms with van der Waals surface area (Å²) >= 11 is 6.07. The summed E-state index contributed by atoms with van der Waals surface area (Å²) in [7, 11) is 0. The molecule has 0 saturated carbocycles. The molecule has 132 valence electrons. The number of amides is 1. The number of nitrogens with one attached hydrogen (secondary N) is 1. The van der Waals surface area contributed by atoms with Crippen molar-refractivity contribution in [2.24, 2.45) is 0 Å². The second-order valence-electron chi connectivity index (χ2n) is 5.51. The van der Waals surface area contributed by atoms with Gasteiger partial charge in [0.2, 0.25) is 0 Å². The molecule has 2 unspecified atom stereocenters. The minimum absolute atomic E-state index is 0.210. The maximum Gasteiger partial charge on any atom is 0.305 e. The number of benzene rings is 2. The monoisotopic (exact) mass is 361 g/mol. The van der Waals surface area contributed by atoms with E-state index in [0.717, 1.165) is 5.56 Å². The van der Waals surface area contributed by atoms with E-state index in [9.17, 15) is 9.59 Å². The number of carbonyl (C=O) groups excluding carboxylic acids is 1. The number of rotatable bonds is 8.